The topological polar surface area (TPSA) is 95.7 Å². The third-order valence-electron chi connectivity index (χ3n) is 4.52. The van der Waals surface area contributed by atoms with Crippen molar-refractivity contribution in [2.45, 2.75) is 18.4 Å². The molecule has 0 unspecified atom stereocenters. The van der Waals surface area contributed by atoms with Crippen molar-refractivity contribution in [2.24, 2.45) is 7.05 Å². The minimum Gasteiger partial charge on any atom is -0.479 e. The summed E-state index contributed by atoms with van der Waals surface area (Å²) in [6.45, 7) is 0.0870. The van der Waals surface area contributed by atoms with Crippen molar-refractivity contribution in [2.75, 3.05) is 13.1 Å². The summed E-state index contributed by atoms with van der Waals surface area (Å²) in [6.07, 6.45) is 1.22. The van der Waals surface area contributed by atoms with Gasteiger partial charge in [0.1, 0.15) is 17.3 Å². The molecule has 0 aliphatic carbocycles. The van der Waals surface area contributed by atoms with Crippen LogP contribution in [0.4, 0.5) is 8.78 Å². The van der Waals surface area contributed by atoms with Crippen LogP contribution in [-0.4, -0.2) is 55.5 Å². The Bertz CT molecular complexity index is 873. The third-order valence-corrected chi connectivity index (χ3v) is 4.52. The number of hydrogen-bond acceptors (Lipinski definition) is 4. The SMILES string of the molecule is Cn1cc(C(=O)N2CCC(O)(C(=O)O)CC2)c(-c2ccc(F)cc2F)n1. The molecule has 26 heavy (non-hydrogen) atoms. The summed E-state index contributed by atoms with van der Waals surface area (Å²) in [5, 5.41) is 23.1. The predicted octanol–water partition coefficient (Wildman–Crippen LogP) is 1.42. The highest BCUT2D eigenvalue weighted by molar-refractivity contribution is 6.00. The van der Waals surface area contributed by atoms with E-state index in [-0.39, 0.29) is 42.8 Å². The molecule has 2 N–H and O–H groups in total. The number of nitrogens with zero attached hydrogens (tertiary/aromatic N) is 3. The first-order chi connectivity index (χ1) is 12.2. The number of aromatic nitrogens is 2. The highest BCUT2D eigenvalue weighted by Crippen LogP contribution is 2.29. The normalized spacial score (nSPS) is 16.5. The Labute approximate surface area is 147 Å². The zero-order chi connectivity index (χ0) is 19.1. The molecule has 0 radical (unpaired) electrons. The smallest absolute Gasteiger partial charge is 0.335 e. The highest BCUT2D eigenvalue weighted by Gasteiger charge is 2.41. The molecule has 1 aromatic carbocycles. The van der Waals surface area contributed by atoms with Crippen LogP contribution in [0.1, 0.15) is 23.2 Å². The zero-order valence-corrected chi connectivity index (χ0v) is 13.9. The second-order valence-corrected chi connectivity index (χ2v) is 6.32. The summed E-state index contributed by atoms with van der Waals surface area (Å²) in [4.78, 5) is 25.3. The first-order valence-corrected chi connectivity index (χ1v) is 7.95. The minimum absolute atomic E-state index is 0.00518. The van der Waals surface area contributed by atoms with Gasteiger partial charge in [-0.2, -0.15) is 5.10 Å². The second kappa shape index (κ2) is 6.49. The summed E-state index contributed by atoms with van der Waals surface area (Å²) in [5.41, 5.74) is -1.65. The Kier molecular flexibility index (Phi) is 4.49. The summed E-state index contributed by atoms with van der Waals surface area (Å²) in [6, 6.07) is 3.00. The van der Waals surface area contributed by atoms with Crippen molar-refractivity contribution in [1.29, 1.82) is 0 Å². The van der Waals surface area contributed by atoms with Gasteiger partial charge in [0.2, 0.25) is 0 Å². The molecule has 9 heteroatoms. The standard InChI is InChI=1S/C17H17F2N3O4/c1-21-9-12(14(20-21)11-3-2-10(18)8-13(11)19)15(23)22-6-4-17(26,5-7-22)16(24)25/h2-3,8-9,26H,4-7H2,1H3,(H,24,25). The van der Waals surface area contributed by atoms with E-state index >= 15 is 0 Å². The van der Waals surface area contributed by atoms with Crippen molar-refractivity contribution < 1.29 is 28.6 Å². The molecule has 2 aromatic rings. The monoisotopic (exact) mass is 365 g/mol. The molecule has 1 aliphatic heterocycles. The number of carboxylic acids is 1. The van der Waals surface area contributed by atoms with Crippen LogP contribution in [0, 0.1) is 11.6 Å². The van der Waals surface area contributed by atoms with Gasteiger partial charge in [0.25, 0.3) is 5.91 Å². The van der Waals surface area contributed by atoms with Crippen LogP contribution < -0.4 is 0 Å². The van der Waals surface area contributed by atoms with Crippen LogP contribution in [0.15, 0.2) is 24.4 Å². The average Bonchev–Trinajstić information content (AvgIpc) is 2.96. The van der Waals surface area contributed by atoms with E-state index in [1.54, 1.807) is 7.05 Å². The molecule has 1 aromatic heterocycles. The first-order valence-electron chi connectivity index (χ1n) is 7.95. The van der Waals surface area contributed by atoms with Crippen LogP contribution in [0.2, 0.25) is 0 Å². The molecular weight excluding hydrogens is 348 g/mol. The number of halogens is 2. The summed E-state index contributed by atoms with van der Waals surface area (Å²) < 4.78 is 28.6. The zero-order valence-electron chi connectivity index (χ0n) is 13.9. The Morgan fingerprint density at radius 1 is 1.23 bits per heavy atom. The number of carbonyl (C=O) groups excluding carboxylic acids is 1. The number of carbonyl (C=O) groups is 2. The van der Waals surface area contributed by atoms with E-state index in [9.17, 15) is 23.5 Å². The molecule has 138 valence electrons. The van der Waals surface area contributed by atoms with E-state index in [2.05, 4.69) is 5.10 Å². The fraction of sp³-hybridized carbons (Fsp3) is 0.353. The van der Waals surface area contributed by atoms with Gasteiger partial charge in [-0.1, -0.05) is 0 Å². The largest absolute Gasteiger partial charge is 0.479 e. The number of amides is 1. The third kappa shape index (κ3) is 3.17. The molecule has 0 spiro atoms. The molecule has 2 heterocycles. The second-order valence-electron chi connectivity index (χ2n) is 6.32. The highest BCUT2D eigenvalue weighted by atomic mass is 19.1. The van der Waals surface area contributed by atoms with Crippen LogP contribution in [-0.2, 0) is 11.8 Å². The minimum atomic E-state index is -1.85. The molecule has 3 rings (SSSR count). The fourth-order valence-electron chi connectivity index (χ4n) is 2.99. The Balaban J connectivity index is 1.89. The van der Waals surface area contributed by atoms with Crippen LogP contribution in [0.5, 0.6) is 0 Å². The van der Waals surface area contributed by atoms with E-state index < -0.39 is 29.1 Å². The summed E-state index contributed by atoms with van der Waals surface area (Å²) >= 11 is 0. The number of benzene rings is 1. The lowest BCUT2D eigenvalue weighted by Crippen LogP contribution is -2.50. The number of hydrogen-bond donors (Lipinski definition) is 2. The fourth-order valence-corrected chi connectivity index (χ4v) is 2.99. The van der Waals surface area contributed by atoms with Gasteiger partial charge in [-0.15, -0.1) is 0 Å². The maximum Gasteiger partial charge on any atom is 0.335 e. The van der Waals surface area contributed by atoms with Crippen molar-refractivity contribution in [3.63, 3.8) is 0 Å². The first kappa shape index (κ1) is 18.0. The molecule has 7 nitrogen and oxygen atoms in total. The molecule has 0 atom stereocenters. The van der Waals surface area contributed by atoms with Gasteiger partial charge in [0.15, 0.2) is 5.60 Å². The Morgan fingerprint density at radius 2 is 1.88 bits per heavy atom. The maximum atomic E-state index is 14.1. The number of piperidine rings is 1. The van der Waals surface area contributed by atoms with E-state index in [0.29, 0.717) is 6.07 Å². The van der Waals surface area contributed by atoms with Gasteiger partial charge in [-0.3, -0.25) is 9.48 Å². The van der Waals surface area contributed by atoms with Gasteiger partial charge >= 0.3 is 5.97 Å². The lowest BCUT2D eigenvalue weighted by molar-refractivity contribution is -0.162. The lowest BCUT2D eigenvalue weighted by Gasteiger charge is -2.35. The average molecular weight is 365 g/mol. The van der Waals surface area contributed by atoms with E-state index in [1.807, 2.05) is 0 Å². The number of rotatable bonds is 3. The number of aliphatic hydroxyl groups is 1. The van der Waals surface area contributed by atoms with Crippen molar-refractivity contribution in [3.8, 4) is 11.3 Å². The molecule has 1 aliphatic rings. The van der Waals surface area contributed by atoms with Crippen LogP contribution >= 0.6 is 0 Å². The Hall–Kier alpha value is -2.81. The maximum absolute atomic E-state index is 14.1. The van der Waals surface area contributed by atoms with Crippen LogP contribution in [0.3, 0.4) is 0 Å². The van der Waals surface area contributed by atoms with Gasteiger partial charge in [0, 0.05) is 50.8 Å². The predicted molar refractivity (Wildman–Crippen MR) is 86.3 cm³/mol. The van der Waals surface area contributed by atoms with E-state index in [1.165, 1.54) is 21.8 Å². The number of carboxylic acid groups (broad SMARTS) is 1. The van der Waals surface area contributed by atoms with Crippen molar-refractivity contribution in [3.05, 3.63) is 41.6 Å². The van der Waals surface area contributed by atoms with Gasteiger partial charge in [0.05, 0.1) is 5.56 Å². The van der Waals surface area contributed by atoms with Crippen molar-refractivity contribution >= 4 is 11.9 Å². The molecule has 1 fully saturated rings. The quantitative estimate of drug-likeness (QED) is 0.858. The number of likely N-dealkylation sites (tertiary alicyclic amines) is 1. The van der Waals surface area contributed by atoms with Crippen molar-refractivity contribution in [1.82, 2.24) is 14.7 Å². The summed E-state index contributed by atoms with van der Waals surface area (Å²) in [7, 11) is 1.57. The number of aliphatic carboxylic acids is 1. The molecule has 0 saturated carbocycles. The van der Waals surface area contributed by atoms with Gasteiger partial charge in [-0.05, 0) is 12.1 Å². The summed E-state index contributed by atoms with van der Waals surface area (Å²) in [5.74, 6) is -3.35. The van der Waals surface area contributed by atoms with E-state index in [4.69, 9.17) is 5.11 Å². The van der Waals surface area contributed by atoms with Crippen LogP contribution in [0.25, 0.3) is 11.3 Å². The Morgan fingerprint density at radius 3 is 2.46 bits per heavy atom. The molecule has 1 saturated heterocycles. The number of aryl methyl sites for hydroxylation is 1. The molecular formula is C17H17F2N3O4. The molecule has 1 amide bonds. The van der Waals surface area contributed by atoms with E-state index in [0.717, 1.165) is 6.07 Å². The lowest BCUT2D eigenvalue weighted by atomic mass is 9.91. The van der Waals surface area contributed by atoms with Gasteiger partial charge in [-0.25, -0.2) is 13.6 Å². The molecule has 0 bridgehead atoms. The van der Waals surface area contributed by atoms with Gasteiger partial charge < -0.3 is 15.1 Å².